The van der Waals surface area contributed by atoms with Crippen LogP contribution in [0.4, 0.5) is 10.1 Å². The molecule has 17 heavy (non-hydrogen) atoms. The van der Waals surface area contributed by atoms with Gasteiger partial charge in [0.2, 0.25) is 0 Å². The van der Waals surface area contributed by atoms with E-state index in [0.717, 1.165) is 4.90 Å². The summed E-state index contributed by atoms with van der Waals surface area (Å²) in [5.74, 6) is -0.143. The fraction of sp³-hybridized carbons (Fsp3) is 0.538. The predicted octanol–water partition coefficient (Wildman–Crippen LogP) is 4.09. The molecule has 0 aliphatic rings. The number of halogens is 1. The van der Waals surface area contributed by atoms with Gasteiger partial charge in [-0.05, 0) is 19.9 Å². The molecule has 0 heterocycles. The lowest BCUT2D eigenvalue weighted by atomic mass is 10.2. The standard InChI is InChI=1S/C13H20FNOS/c1-8(2)16-11-7-12(17-13(3,4)5)10(15)6-9(11)14/h6-8H,15H2,1-5H3. The molecule has 0 aromatic heterocycles. The van der Waals surface area contributed by atoms with Gasteiger partial charge in [0.15, 0.2) is 11.6 Å². The number of ether oxygens (including phenoxy) is 1. The summed E-state index contributed by atoms with van der Waals surface area (Å²) in [6.07, 6.45) is -0.0550. The first-order chi connectivity index (χ1) is 7.69. The average molecular weight is 257 g/mol. The lowest BCUT2D eigenvalue weighted by Crippen LogP contribution is -2.10. The fourth-order valence-electron chi connectivity index (χ4n) is 1.31. The Morgan fingerprint density at radius 3 is 2.35 bits per heavy atom. The number of thioether (sulfide) groups is 1. The van der Waals surface area contributed by atoms with Gasteiger partial charge >= 0.3 is 0 Å². The smallest absolute Gasteiger partial charge is 0.167 e. The highest BCUT2D eigenvalue weighted by atomic mass is 32.2. The summed E-state index contributed by atoms with van der Waals surface area (Å²) in [5.41, 5.74) is 6.27. The van der Waals surface area contributed by atoms with Gasteiger partial charge in [-0.2, -0.15) is 0 Å². The van der Waals surface area contributed by atoms with Crippen LogP contribution in [0.15, 0.2) is 17.0 Å². The highest BCUT2D eigenvalue weighted by Gasteiger charge is 2.17. The molecule has 0 saturated carbocycles. The largest absolute Gasteiger partial charge is 0.488 e. The van der Waals surface area contributed by atoms with Gasteiger partial charge in [0.05, 0.1) is 6.10 Å². The minimum Gasteiger partial charge on any atom is -0.488 e. The number of nitrogen functional groups attached to an aromatic ring is 1. The first-order valence-electron chi connectivity index (χ1n) is 5.64. The summed E-state index contributed by atoms with van der Waals surface area (Å²) >= 11 is 1.61. The van der Waals surface area contributed by atoms with Gasteiger partial charge < -0.3 is 10.5 Å². The van der Waals surface area contributed by atoms with Crippen molar-refractivity contribution < 1.29 is 9.13 Å². The second-order valence-corrected chi connectivity index (χ2v) is 7.07. The minimum absolute atomic E-state index is 0.0288. The first-order valence-corrected chi connectivity index (χ1v) is 6.45. The van der Waals surface area contributed by atoms with E-state index in [1.807, 2.05) is 13.8 Å². The van der Waals surface area contributed by atoms with Crippen LogP contribution in [-0.2, 0) is 0 Å². The van der Waals surface area contributed by atoms with Crippen molar-refractivity contribution in [3.63, 3.8) is 0 Å². The lowest BCUT2D eigenvalue weighted by molar-refractivity contribution is 0.230. The summed E-state index contributed by atoms with van der Waals surface area (Å²) in [5, 5.41) is 0. The highest BCUT2D eigenvalue weighted by Crippen LogP contribution is 2.38. The van der Waals surface area contributed by atoms with Crippen molar-refractivity contribution in [2.45, 2.75) is 50.4 Å². The summed E-state index contributed by atoms with van der Waals surface area (Å²) in [4.78, 5) is 0.856. The molecule has 1 aromatic rings. The van der Waals surface area contributed by atoms with Crippen molar-refractivity contribution in [1.82, 2.24) is 0 Å². The van der Waals surface area contributed by atoms with Crippen molar-refractivity contribution in [3.05, 3.63) is 17.9 Å². The molecule has 2 nitrogen and oxygen atoms in total. The molecule has 2 N–H and O–H groups in total. The van der Waals surface area contributed by atoms with Gasteiger partial charge in [0.1, 0.15) is 0 Å². The van der Waals surface area contributed by atoms with Gasteiger partial charge in [-0.1, -0.05) is 20.8 Å². The Morgan fingerprint density at radius 2 is 1.88 bits per heavy atom. The molecule has 0 aliphatic carbocycles. The van der Waals surface area contributed by atoms with E-state index < -0.39 is 5.82 Å². The molecule has 0 fully saturated rings. The van der Waals surface area contributed by atoms with Crippen LogP contribution in [-0.4, -0.2) is 10.9 Å². The number of rotatable bonds is 3. The normalized spacial score (nSPS) is 11.9. The third kappa shape index (κ3) is 4.46. The Balaban J connectivity index is 3.06. The van der Waals surface area contributed by atoms with Gasteiger partial charge in [-0.15, -0.1) is 11.8 Å². The van der Waals surface area contributed by atoms with Crippen molar-refractivity contribution in [2.24, 2.45) is 0 Å². The Bertz CT molecular complexity index is 399. The molecular formula is C13H20FNOS. The molecule has 0 unspecified atom stereocenters. The summed E-state index contributed by atoms with van der Waals surface area (Å²) in [6, 6.07) is 3.01. The van der Waals surface area contributed by atoms with Crippen LogP contribution in [0.25, 0.3) is 0 Å². The third-order valence-corrected chi connectivity index (χ3v) is 3.03. The number of anilines is 1. The topological polar surface area (TPSA) is 35.2 Å². The summed E-state index contributed by atoms with van der Waals surface area (Å²) in [7, 11) is 0. The minimum atomic E-state index is -0.408. The molecule has 0 atom stereocenters. The van der Waals surface area contributed by atoms with Crippen LogP contribution in [0.5, 0.6) is 5.75 Å². The number of benzene rings is 1. The van der Waals surface area contributed by atoms with Crippen molar-refractivity contribution in [1.29, 1.82) is 0 Å². The van der Waals surface area contributed by atoms with Crippen molar-refractivity contribution in [3.8, 4) is 5.75 Å². The Kier molecular flexibility index (Phi) is 4.31. The van der Waals surface area contributed by atoms with Crippen LogP contribution in [0.3, 0.4) is 0 Å². The molecule has 1 aromatic carbocycles. The molecule has 0 spiro atoms. The van der Waals surface area contributed by atoms with E-state index in [1.165, 1.54) is 6.07 Å². The van der Waals surface area contributed by atoms with E-state index in [1.54, 1.807) is 17.8 Å². The zero-order valence-electron chi connectivity index (χ0n) is 11.0. The summed E-state index contributed by atoms with van der Waals surface area (Å²) < 4.78 is 19.0. The van der Waals surface area contributed by atoms with Crippen molar-refractivity contribution in [2.75, 3.05) is 5.73 Å². The maximum atomic E-state index is 13.6. The predicted molar refractivity (Wildman–Crippen MR) is 72.2 cm³/mol. The van der Waals surface area contributed by atoms with E-state index in [-0.39, 0.29) is 16.6 Å². The molecule has 4 heteroatoms. The molecule has 1 rings (SSSR count). The van der Waals surface area contributed by atoms with Crippen LogP contribution in [0.2, 0.25) is 0 Å². The Labute approximate surface area is 107 Å². The molecule has 0 amide bonds. The molecule has 0 bridgehead atoms. The van der Waals surface area contributed by atoms with Gasteiger partial charge in [0, 0.05) is 21.4 Å². The van der Waals surface area contributed by atoms with Gasteiger partial charge in [0.25, 0.3) is 0 Å². The van der Waals surface area contributed by atoms with Crippen LogP contribution in [0.1, 0.15) is 34.6 Å². The first kappa shape index (κ1) is 14.2. The van der Waals surface area contributed by atoms with Gasteiger partial charge in [-0.3, -0.25) is 0 Å². The zero-order valence-corrected chi connectivity index (χ0v) is 11.8. The fourth-order valence-corrected chi connectivity index (χ4v) is 2.32. The summed E-state index contributed by atoms with van der Waals surface area (Å²) in [6.45, 7) is 10.00. The van der Waals surface area contributed by atoms with Gasteiger partial charge in [-0.25, -0.2) is 4.39 Å². The number of hydrogen-bond acceptors (Lipinski definition) is 3. The van der Waals surface area contributed by atoms with Crippen LogP contribution in [0, 0.1) is 5.82 Å². The van der Waals surface area contributed by atoms with E-state index in [0.29, 0.717) is 5.69 Å². The Morgan fingerprint density at radius 1 is 1.29 bits per heavy atom. The quantitative estimate of drug-likeness (QED) is 0.654. The SMILES string of the molecule is CC(C)Oc1cc(SC(C)(C)C)c(N)cc1F. The molecule has 0 aliphatic heterocycles. The Hall–Kier alpha value is -0.900. The maximum Gasteiger partial charge on any atom is 0.167 e. The van der Waals surface area contributed by atoms with E-state index >= 15 is 0 Å². The molecule has 96 valence electrons. The number of hydrogen-bond donors (Lipinski definition) is 1. The molecular weight excluding hydrogens is 237 g/mol. The highest BCUT2D eigenvalue weighted by molar-refractivity contribution is 8.00. The second-order valence-electron chi connectivity index (χ2n) is 5.20. The maximum absolute atomic E-state index is 13.6. The van der Waals surface area contributed by atoms with Crippen LogP contribution >= 0.6 is 11.8 Å². The molecule has 0 saturated heterocycles. The average Bonchev–Trinajstić information content (AvgIpc) is 2.10. The van der Waals surface area contributed by atoms with E-state index in [4.69, 9.17) is 10.5 Å². The van der Waals surface area contributed by atoms with Crippen molar-refractivity contribution >= 4 is 17.4 Å². The zero-order chi connectivity index (χ0) is 13.2. The number of nitrogens with two attached hydrogens (primary N) is 1. The molecule has 0 radical (unpaired) electrons. The third-order valence-electron chi connectivity index (χ3n) is 1.84. The lowest BCUT2D eigenvalue weighted by Gasteiger charge is -2.20. The second kappa shape index (κ2) is 5.17. The monoisotopic (exact) mass is 257 g/mol. The van der Waals surface area contributed by atoms with E-state index in [2.05, 4.69) is 20.8 Å². The van der Waals surface area contributed by atoms with E-state index in [9.17, 15) is 4.39 Å². The van der Waals surface area contributed by atoms with Crippen LogP contribution < -0.4 is 10.5 Å².